The normalized spacial score (nSPS) is 20.0. The van der Waals surface area contributed by atoms with Gasteiger partial charge >= 0.3 is 0 Å². The third-order valence-electron chi connectivity index (χ3n) is 3.92. The molecule has 0 spiro atoms. The van der Waals surface area contributed by atoms with Crippen LogP contribution in [0.1, 0.15) is 38.5 Å². The van der Waals surface area contributed by atoms with Crippen LogP contribution in [-0.2, 0) is 6.42 Å². The maximum Gasteiger partial charge on any atom is 0.00684 e. The zero-order valence-electron chi connectivity index (χ0n) is 10.6. The maximum absolute atomic E-state index is 3.70. The first-order valence-corrected chi connectivity index (χ1v) is 7.24. The van der Waals surface area contributed by atoms with E-state index < -0.39 is 0 Å². The molecule has 1 saturated carbocycles. The minimum absolute atomic E-state index is 0.396. The van der Waals surface area contributed by atoms with Gasteiger partial charge in [0.25, 0.3) is 0 Å². The molecule has 1 N–H and O–H groups in total. The van der Waals surface area contributed by atoms with Crippen LogP contribution in [0.4, 0.5) is 0 Å². The lowest BCUT2D eigenvalue weighted by molar-refractivity contribution is 0.208. The summed E-state index contributed by atoms with van der Waals surface area (Å²) in [5.41, 5.74) is 0.396. The van der Waals surface area contributed by atoms with Gasteiger partial charge < -0.3 is 5.32 Å². The first kappa shape index (κ1) is 12.1. The summed E-state index contributed by atoms with van der Waals surface area (Å²) in [6.45, 7) is 8.28. The average Bonchev–Trinajstić information content (AvgIpc) is 2.94. The van der Waals surface area contributed by atoms with Gasteiger partial charge in [0, 0.05) is 17.5 Å². The van der Waals surface area contributed by atoms with Gasteiger partial charge in [-0.1, -0.05) is 26.8 Å². The molecule has 90 valence electrons. The van der Waals surface area contributed by atoms with Crippen LogP contribution < -0.4 is 5.32 Å². The molecule has 1 unspecified atom stereocenters. The third kappa shape index (κ3) is 3.08. The van der Waals surface area contributed by atoms with Gasteiger partial charge in [0.15, 0.2) is 0 Å². The van der Waals surface area contributed by atoms with Crippen molar-refractivity contribution in [1.29, 1.82) is 0 Å². The van der Waals surface area contributed by atoms with E-state index in [1.165, 1.54) is 24.1 Å². The van der Waals surface area contributed by atoms with Crippen molar-refractivity contribution >= 4 is 11.3 Å². The van der Waals surface area contributed by atoms with E-state index in [9.17, 15) is 0 Å². The van der Waals surface area contributed by atoms with Gasteiger partial charge in [-0.3, -0.25) is 0 Å². The Balaban J connectivity index is 1.95. The van der Waals surface area contributed by atoms with Crippen molar-refractivity contribution in [3.63, 3.8) is 0 Å². The molecular weight excluding hydrogens is 214 g/mol. The molecule has 0 bridgehead atoms. The third-order valence-corrected chi connectivity index (χ3v) is 4.80. The molecule has 0 aliphatic heterocycles. The fraction of sp³-hybridized carbons (Fsp3) is 0.714. The molecule has 1 nitrogen and oxygen atoms in total. The van der Waals surface area contributed by atoms with Crippen LogP contribution in [0, 0.1) is 11.3 Å². The highest BCUT2D eigenvalue weighted by Gasteiger charge is 2.31. The van der Waals surface area contributed by atoms with Gasteiger partial charge in [-0.15, -0.1) is 11.3 Å². The van der Waals surface area contributed by atoms with Crippen LogP contribution in [0.2, 0.25) is 0 Å². The van der Waals surface area contributed by atoms with E-state index in [0.717, 1.165) is 18.5 Å². The largest absolute Gasteiger partial charge is 0.313 e. The lowest BCUT2D eigenvalue weighted by atomic mass is 9.76. The van der Waals surface area contributed by atoms with Crippen molar-refractivity contribution in [2.75, 3.05) is 6.54 Å². The number of hydrogen-bond acceptors (Lipinski definition) is 2. The molecule has 16 heavy (non-hydrogen) atoms. The molecule has 1 fully saturated rings. The summed E-state index contributed by atoms with van der Waals surface area (Å²) in [7, 11) is 0. The highest BCUT2D eigenvalue weighted by Crippen LogP contribution is 2.33. The Morgan fingerprint density at radius 2 is 2.25 bits per heavy atom. The topological polar surface area (TPSA) is 12.0 Å². The van der Waals surface area contributed by atoms with Crippen LogP contribution in [0.3, 0.4) is 0 Å². The Bertz CT molecular complexity index is 313. The highest BCUT2D eigenvalue weighted by molar-refractivity contribution is 7.09. The summed E-state index contributed by atoms with van der Waals surface area (Å²) in [4.78, 5) is 1.52. The van der Waals surface area contributed by atoms with Gasteiger partial charge in [0.05, 0.1) is 0 Å². The molecular formula is C14H23NS. The summed E-state index contributed by atoms with van der Waals surface area (Å²) in [6, 6.07) is 5.25. The zero-order valence-corrected chi connectivity index (χ0v) is 11.4. The minimum Gasteiger partial charge on any atom is -0.313 e. The van der Waals surface area contributed by atoms with Crippen molar-refractivity contribution in [2.24, 2.45) is 11.3 Å². The lowest BCUT2D eigenvalue weighted by Gasteiger charge is -2.34. The average molecular weight is 237 g/mol. The van der Waals surface area contributed by atoms with Crippen molar-refractivity contribution in [2.45, 2.75) is 46.1 Å². The van der Waals surface area contributed by atoms with Crippen molar-refractivity contribution in [3.05, 3.63) is 22.4 Å². The Labute approximate surface area is 103 Å². The van der Waals surface area contributed by atoms with Crippen LogP contribution in [0.25, 0.3) is 0 Å². The number of rotatable bonds is 6. The van der Waals surface area contributed by atoms with E-state index in [1.807, 2.05) is 11.3 Å². The quantitative estimate of drug-likeness (QED) is 0.795. The number of hydrogen-bond donors (Lipinski definition) is 1. The predicted octanol–water partition coefficient (Wildman–Crippen LogP) is 3.70. The van der Waals surface area contributed by atoms with Crippen LogP contribution in [0.15, 0.2) is 17.5 Å². The highest BCUT2D eigenvalue weighted by atomic mass is 32.1. The van der Waals surface area contributed by atoms with Crippen molar-refractivity contribution < 1.29 is 0 Å². The monoisotopic (exact) mass is 237 g/mol. The SMILES string of the molecule is CC(C)C(C)(CNC1CC1)Cc1cccs1. The Kier molecular flexibility index (Phi) is 3.70. The van der Waals surface area contributed by atoms with E-state index in [2.05, 4.69) is 43.6 Å². The van der Waals surface area contributed by atoms with Crippen LogP contribution in [-0.4, -0.2) is 12.6 Å². The molecule has 0 radical (unpaired) electrons. The van der Waals surface area contributed by atoms with Crippen LogP contribution in [0.5, 0.6) is 0 Å². The van der Waals surface area contributed by atoms with E-state index >= 15 is 0 Å². The van der Waals surface area contributed by atoms with Gasteiger partial charge in [-0.2, -0.15) is 0 Å². The standard InChI is InChI=1S/C14H23NS/c1-11(2)14(3,10-15-12-6-7-12)9-13-5-4-8-16-13/h4-5,8,11-12,15H,6-7,9-10H2,1-3H3. The molecule has 2 heteroatoms. The molecule has 1 atom stereocenters. The lowest BCUT2D eigenvalue weighted by Crippen LogP contribution is -2.38. The maximum atomic E-state index is 3.70. The summed E-state index contributed by atoms with van der Waals surface area (Å²) < 4.78 is 0. The summed E-state index contributed by atoms with van der Waals surface area (Å²) in [6.07, 6.45) is 3.97. The molecule has 1 aromatic heterocycles. The van der Waals surface area contributed by atoms with Gasteiger partial charge in [-0.25, -0.2) is 0 Å². The fourth-order valence-corrected chi connectivity index (χ4v) is 2.85. The second-order valence-corrected chi connectivity index (χ2v) is 6.75. The van der Waals surface area contributed by atoms with E-state index in [0.29, 0.717) is 5.41 Å². The van der Waals surface area contributed by atoms with Gasteiger partial charge in [-0.05, 0) is 42.0 Å². The second kappa shape index (κ2) is 4.89. The van der Waals surface area contributed by atoms with Crippen LogP contribution >= 0.6 is 11.3 Å². The molecule has 0 amide bonds. The first-order chi connectivity index (χ1) is 7.60. The zero-order chi connectivity index (χ0) is 11.6. The molecule has 1 heterocycles. The van der Waals surface area contributed by atoms with Gasteiger partial charge in [0.1, 0.15) is 0 Å². The fourth-order valence-electron chi connectivity index (χ4n) is 1.95. The molecule has 1 aromatic rings. The van der Waals surface area contributed by atoms with E-state index in [-0.39, 0.29) is 0 Å². The predicted molar refractivity (Wildman–Crippen MR) is 72.0 cm³/mol. The first-order valence-electron chi connectivity index (χ1n) is 6.36. The van der Waals surface area contributed by atoms with Crippen molar-refractivity contribution in [1.82, 2.24) is 5.32 Å². The molecule has 1 aliphatic carbocycles. The Morgan fingerprint density at radius 3 is 2.75 bits per heavy atom. The molecule has 2 rings (SSSR count). The number of thiophene rings is 1. The van der Waals surface area contributed by atoms with Gasteiger partial charge in [0.2, 0.25) is 0 Å². The Morgan fingerprint density at radius 1 is 1.50 bits per heavy atom. The summed E-state index contributed by atoms with van der Waals surface area (Å²) in [5.74, 6) is 0.723. The molecule has 0 aromatic carbocycles. The minimum atomic E-state index is 0.396. The number of nitrogens with one attached hydrogen (secondary N) is 1. The summed E-state index contributed by atoms with van der Waals surface area (Å²) >= 11 is 1.89. The van der Waals surface area contributed by atoms with E-state index in [1.54, 1.807) is 0 Å². The molecule has 1 aliphatic rings. The van der Waals surface area contributed by atoms with Crippen molar-refractivity contribution in [3.8, 4) is 0 Å². The summed E-state index contributed by atoms with van der Waals surface area (Å²) in [5, 5.41) is 5.88. The Hall–Kier alpha value is -0.340. The van der Waals surface area contributed by atoms with E-state index in [4.69, 9.17) is 0 Å². The second-order valence-electron chi connectivity index (χ2n) is 5.72. The smallest absolute Gasteiger partial charge is 0.00684 e. The molecule has 0 saturated heterocycles.